The van der Waals surface area contributed by atoms with E-state index in [1.165, 1.54) is 5.56 Å². The molecule has 1 amide bonds. The van der Waals surface area contributed by atoms with Crippen LogP contribution in [0.3, 0.4) is 0 Å². The maximum Gasteiger partial charge on any atom is 0.257 e. The van der Waals surface area contributed by atoms with Gasteiger partial charge in [0.2, 0.25) is 5.96 Å². The van der Waals surface area contributed by atoms with Crippen LogP contribution in [0.2, 0.25) is 0 Å². The molecule has 5 heteroatoms. The van der Waals surface area contributed by atoms with E-state index in [0.29, 0.717) is 18.1 Å². The molecule has 1 unspecified atom stereocenters. The Morgan fingerprint density at radius 3 is 2.57 bits per heavy atom. The molecule has 0 aromatic heterocycles. The summed E-state index contributed by atoms with van der Waals surface area (Å²) in [6, 6.07) is 13.9. The SMILES string of the molecule is CCc1ccc(NC(=NCC2CCCO2)NC(=O)c2ccc(C)c(C)c2)cc1. The Morgan fingerprint density at radius 2 is 1.93 bits per heavy atom. The van der Waals surface area contributed by atoms with Crippen molar-refractivity contribution in [2.24, 2.45) is 4.99 Å². The summed E-state index contributed by atoms with van der Waals surface area (Å²) < 4.78 is 5.65. The summed E-state index contributed by atoms with van der Waals surface area (Å²) in [6.07, 6.45) is 3.19. The highest BCUT2D eigenvalue weighted by atomic mass is 16.5. The standard InChI is InChI=1S/C23H29N3O2/c1-4-18-8-11-20(12-9-18)25-23(24-15-21-6-5-13-28-21)26-22(27)19-10-7-16(2)17(3)14-19/h7-12,14,21H,4-6,13,15H2,1-3H3,(H2,24,25,26,27). The lowest BCUT2D eigenvalue weighted by Gasteiger charge is -2.14. The molecule has 28 heavy (non-hydrogen) atoms. The van der Waals surface area contributed by atoms with Gasteiger partial charge in [0.1, 0.15) is 0 Å². The summed E-state index contributed by atoms with van der Waals surface area (Å²) >= 11 is 0. The molecule has 1 heterocycles. The Bertz CT molecular complexity index is 837. The predicted octanol–water partition coefficient (Wildman–Crippen LogP) is 4.24. The molecule has 0 radical (unpaired) electrons. The van der Waals surface area contributed by atoms with Crippen LogP contribution in [0.1, 0.15) is 46.8 Å². The number of benzene rings is 2. The first-order chi connectivity index (χ1) is 13.5. The van der Waals surface area contributed by atoms with Crippen molar-refractivity contribution in [1.82, 2.24) is 5.32 Å². The third-order valence-electron chi connectivity index (χ3n) is 5.10. The molecular weight excluding hydrogens is 350 g/mol. The smallest absolute Gasteiger partial charge is 0.257 e. The van der Waals surface area contributed by atoms with Gasteiger partial charge in [-0.15, -0.1) is 0 Å². The number of carbonyl (C=O) groups excluding carboxylic acids is 1. The van der Waals surface area contributed by atoms with Crippen LogP contribution in [0.25, 0.3) is 0 Å². The number of nitrogens with one attached hydrogen (secondary N) is 2. The van der Waals surface area contributed by atoms with Crippen LogP contribution >= 0.6 is 0 Å². The van der Waals surface area contributed by atoms with Gasteiger partial charge in [-0.1, -0.05) is 25.1 Å². The number of anilines is 1. The monoisotopic (exact) mass is 379 g/mol. The molecule has 0 saturated carbocycles. The largest absolute Gasteiger partial charge is 0.376 e. The minimum Gasteiger partial charge on any atom is -0.376 e. The molecular formula is C23H29N3O2. The second-order valence-corrected chi connectivity index (χ2v) is 7.25. The zero-order valence-corrected chi connectivity index (χ0v) is 16.9. The summed E-state index contributed by atoms with van der Waals surface area (Å²) in [5.74, 6) is 0.273. The quantitative estimate of drug-likeness (QED) is 0.603. The second-order valence-electron chi connectivity index (χ2n) is 7.25. The van der Waals surface area contributed by atoms with Gasteiger partial charge in [-0.05, 0) is 74.1 Å². The van der Waals surface area contributed by atoms with E-state index in [0.717, 1.165) is 42.7 Å². The van der Waals surface area contributed by atoms with Gasteiger partial charge >= 0.3 is 0 Å². The van der Waals surface area contributed by atoms with Crippen LogP contribution in [-0.2, 0) is 11.2 Å². The summed E-state index contributed by atoms with van der Waals surface area (Å²) in [5, 5.41) is 6.17. The fourth-order valence-corrected chi connectivity index (χ4v) is 3.11. The van der Waals surface area contributed by atoms with Crippen molar-refractivity contribution < 1.29 is 9.53 Å². The normalized spacial score (nSPS) is 16.8. The molecule has 1 fully saturated rings. The van der Waals surface area contributed by atoms with Crippen LogP contribution in [0.15, 0.2) is 47.5 Å². The van der Waals surface area contributed by atoms with Gasteiger partial charge in [0, 0.05) is 17.9 Å². The van der Waals surface area contributed by atoms with E-state index >= 15 is 0 Å². The van der Waals surface area contributed by atoms with Crippen LogP contribution in [-0.4, -0.2) is 31.1 Å². The van der Waals surface area contributed by atoms with E-state index in [4.69, 9.17) is 4.74 Å². The van der Waals surface area contributed by atoms with E-state index < -0.39 is 0 Å². The first-order valence-corrected chi connectivity index (χ1v) is 9.95. The van der Waals surface area contributed by atoms with Crippen molar-refractivity contribution in [2.45, 2.75) is 46.1 Å². The van der Waals surface area contributed by atoms with Crippen LogP contribution in [0.5, 0.6) is 0 Å². The van der Waals surface area contributed by atoms with Gasteiger partial charge in [-0.2, -0.15) is 0 Å². The zero-order valence-electron chi connectivity index (χ0n) is 16.9. The van der Waals surface area contributed by atoms with Gasteiger partial charge in [0.05, 0.1) is 12.6 Å². The fraction of sp³-hybridized carbons (Fsp3) is 0.391. The number of hydrogen-bond donors (Lipinski definition) is 2. The number of ether oxygens (including phenoxy) is 1. The molecule has 3 rings (SSSR count). The lowest BCUT2D eigenvalue weighted by Crippen LogP contribution is -2.36. The van der Waals surface area contributed by atoms with E-state index in [1.54, 1.807) is 0 Å². The van der Waals surface area contributed by atoms with Gasteiger partial charge in [-0.3, -0.25) is 10.1 Å². The fourth-order valence-electron chi connectivity index (χ4n) is 3.11. The number of amides is 1. The van der Waals surface area contributed by atoms with E-state index in [1.807, 2.05) is 44.2 Å². The Hall–Kier alpha value is -2.66. The summed E-state index contributed by atoms with van der Waals surface area (Å²) in [6.45, 7) is 7.48. The van der Waals surface area contributed by atoms with Crippen molar-refractivity contribution in [3.8, 4) is 0 Å². The topological polar surface area (TPSA) is 62.7 Å². The molecule has 148 valence electrons. The molecule has 2 aromatic rings. The van der Waals surface area contributed by atoms with Crippen molar-refractivity contribution in [3.05, 3.63) is 64.7 Å². The molecule has 1 aliphatic heterocycles. The minimum absolute atomic E-state index is 0.123. The lowest BCUT2D eigenvalue weighted by atomic mass is 10.1. The lowest BCUT2D eigenvalue weighted by molar-refractivity contribution is 0.0975. The highest BCUT2D eigenvalue weighted by Crippen LogP contribution is 2.14. The van der Waals surface area contributed by atoms with Crippen molar-refractivity contribution in [1.29, 1.82) is 0 Å². The Labute approximate surface area is 167 Å². The average molecular weight is 380 g/mol. The van der Waals surface area contributed by atoms with Crippen molar-refractivity contribution in [2.75, 3.05) is 18.5 Å². The van der Waals surface area contributed by atoms with Gasteiger partial charge in [0.25, 0.3) is 5.91 Å². The van der Waals surface area contributed by atoms with E-state index in [9.17, 15) is 4.79 Å². The van der Waals surface area contributed by atoms with Crippen LogP contribution in [0, 0.1) is 13.8 Å². The maximum absolute atomic E-state index is 12.7. The first-order valence-electron chi connectivity index (χ1n) is 9.95. The predicted molar refractivity (Wildman–Crippen MR) is 114 cm³/mol. The van der Waals surface area contributed by atoms with Crippen LogP contribution < -0.4 is 10.6 Å². The molecule has 0 spiro atoms. The number of nitrogens with zero attached hydrogens (tertiary/aromatic N) is 1. The van der Waals surface area contributed by atoms with Gasteiger partial charge in [0.15, 0.2) is 0 Å². The molecule has 1 saturated heterocycles. The van der Waals surface area contributed by atoms with E-state index in [-0.39, 0.29) is 12.0 Å². The number of hydrogen-bond acceptors (Lipinski definition) is 3. The Morgan fingerprint density at radius 1 is 1.14 bits per heavy atom. The summed E-state index contributed by atoms with van der Waals surface area (Å²) in [4.78, 5) is 17.3. The third-order valence-corrected chi connectivity index (χ3v) is 5.10. The first kappa shape index (κ1) is 20.1. The zero-order chi connectivity index (χ0) is 19.9. The number of rotatable bonds is 5. The maximum atomic E-state index is 12.7. The number of aliphatic imine (C=N–C) groups is 1. The summed E-state index contributed by atoms with van der Waals surface area (Å²) in [7, 11) is 0. The molecule has 1 aliphatic rings. The molecule has 1 atom stereocenters. The highest BCUT2D eigenvalue weighted by Gasteiger charge is 2.16. The molecule has 0 bridgehead atoms. The Kier molecular flexibility index (Phi) is 6.82. The molecule has 5 nitrogen and oxygen atoms in total. The number of guanidine groups is 1. The molecule has 0 aliphatic carbocycles. The highest BCUT2D eigenvalue weighted by molar-refractivity contribution is 6.10. The minimum atomic E-state index is -0.174. The number of carbonyl (C=O) groups is 1. The van der Waals surface area contributed by atoms with Crippen molar-refractivity contribution in [3.63, 3.8) is 0 Å². The average Bonchev–Trinajstić information content (AvgIpc) is 3.22. The second kappa shape index (κ2) is 9.51. The molecule has 2 N–H and O–H groups in total. The molecule has 2 aromatic carbocycles. The summed E-state index contributed by atoms with van der Waals surface area (Å²) in [5.41, 5.74) is 5.04. The third kappa shape index (κ3) is 5.42. The van der Waals surface area contributed by atoms with Crippen molar-refractivity contribution >= 4 is 17.6 Å². The van der Waals surface area contributed by atoms with Gasteiger partial charge in [-0.25, -0.2) is 4.99 Å². The van der Waals surface area contributed by atoms with Crippen LogP contribution in [0.4, 0.5) is 5.69 Å². The van der Waals surface area contributed by atoms with E-state index in [2.05, 4.69) is 34.7 Å². The Balaban J connectivity index is 1.74. The number of aryl methyl sites for hydroxylation is 3. The van der Waals surface area contributed by atoms with Gasteiger partial charge < -0.3 is 10.1 Å².